The summed E-state index contributed by atoms with van der Waals surface area (Å²) in [6, 6.07) is 10.7. The summed E-state index contributed by atoms with van der Waals surface area (Å²) < 4.78 is 5.05. The smallest absolute Gasteiger partial charge is 0.231 e. The lowest BCUT2D eigenvalue weighted by atomic mass is 9.90. The highest BCUT2D eigenvalue weighted by Gasteiger charge is 2.30. The van der Waals surface area contributed by atoms with Gasteiger partial charge < -0.3 is 10.1 Å². The average Bonchev–Trinajstić information content (AvgIpc) is 3.07. The molecule has 0 unspecified atom stereocenters. The topological polar surface area (TPSA) is 55.4 Å². The van der Waals surface area contributed by atoms with E-state index in [4.69, 9.17) is 4.74 Å². The molecule has 0 saturated heterocycles. The lowest BCUT2D eigenvalue weighted by Crippen LogP contribution is -2.41. The molecule has 4 nitrogen and oxygen atoms in total. The first-order valence-corrected chi connectivity index (χ1v) is 7.82. The van der Waals surface area contributed by atoms with Crippen molar-refractivity contribution >= 4 is 23.0 Å². The molecule has 0 radical (unpaired) electrons. The van der Waals surface area contributed by atoms with Gasteiger partial charge in [-0.25, -0.2) is 0 Å². The number of methoxy groups -OCH3 is 1. The van der Waals surface area contributed by atoms with Crippen LogP contribution in [0.25, 0.3) is 0 Å². The van der Waals surface area contributed by atoms with Gasteiger partial charge in [-0.3, -0.25) is 9.59 Å². The second-order valence-corrected chi connectivity index (χ2v) is 6.38. The molecule has 2 rings (SSSR count). The molecule has 0 aliphatic rings. The largest absolute Gasteiger partial charge is 0.497 e. The van der Waals surface area contributed by atoms with Crippen LogP contribution in [-0.2, 0) is 10.2 Å². The van der Waals surface area contributed by atoms with Gasteiger partial charge in [-0.2, -0.15) is 0 Å². The molecule has 0 bridgehead atoms. The zero-order chi connectivity index (χ0) is 16.2. The first-order chi connectivity index (χ1) is 10.4. The van der Waals surface area contributed by atoms with E-state index in [1.807, 2.05) is 31.4 Å². The zero-order valence-electron chi connectivity index (χ0n) is 12.9. The first kappa shape index (κ1) is 16.2. The van der Waals surface area contributed by atoms with Crippen molar-refractivity contribution in [2.45, 2.75) is 19.3 Å². The summed E-state index contributed by atoms with van der Waals surface area (Å²) in [7, 11) is 1.57. The first-order valence-electron chi connectivity index (χ1n) is 6.94. The third kappa shape index (κ3) is 3.54. The van der Waals surface area contributed by atoms with Crippen molar-refractivity contribution < 1.29 is 14.3 Å². The van der Waals surface area contributed by atoms with Gasteiger partial charge in [0.25, 0.3) is 0 Å². The summed E-state index contributed by atoms with van der Waals surface area (Å²) in [5, 5.41) is 4.66. The van der Waals surface area contributed by atoms with Crippen LogP contribution < -0.4 is 10.1 Å². The maximum Gasteiger partial charge on any atom is 0.231 e. The molecule has 1 aromatic carbocycles. The summed E-state index contributed by atoms with van der Waals surface area (Å²) >= 11 is 1.53. The molecule has 116 valence electrons. The van der Waals surface area contributed by atoms with Gasteiger partial charge in [-0.1, -0.05) is 6.07 Å². The highest BCUT2D eigenvalue weighted by Crippen LogP contribution is 2.27. The highest BCUT2D eigenvalue weighted by molar-refractivity contribution is 7.10. The number of nitrogens with one attached hydrogen (secondary N) is 1. The second kappa shape index (κ2) is 6.75. The lowest BCUT2D eigenvalue weighted by molar-refractivity contribution is -0.125. The quantitative estimate of drug-likeness (QED) is 0.833. The average molecular weight is 317 g/mol. The van der Waals surface area contributed by atoms with E-state index < -0.39 is 5.41 Å². The predicted molar refractivity (Wildman–Crippen MR) is 87.7 cm³/mol. The van der Waals surface area contributed by atoms with E-state index in [9.17, 15) is 9.59 Å². The minimum absolute atomic E-state index is 0.0139. The number of rotatable bonds is 6. The van der Waals surface area contributed by atoms with E-state index in [0.717, 1.165) is 4.88 Å². The van der Waals surface area contributed by atoms with Crippen LogP contribution in [0.3, 0.4) is 0 Å². The number of carbonyl (C=O) groups is 2. The molecule has 2 aromatic rings. The Balaban J connectivity index is 1.97. The Morgan fingerprint density at radius 1 is 1.18 bits per heavy atom. The number of hydrogen-bond acceptors (Lipinski definition) is 4. The van der Waals surface area contributed by atoms with Gasteiger partial charge in [0.05, 0.1) is 19.1 Å². The van der Waals surface area contributed by atoms with Gasteiger partial charge in [0.1, 0.15) is 5.75 Å². The normalized spacial score (nSPS) is 11.0. The molecule has 1 aromatic heterocycles. The van der Waals surface area contributed by atoms with E-state index >= 15 is 0 Å². The van der Waals surface area contributed by atoms with Crippen LogP contribution in [0.4, 0.5) is 0 Å². The van der Waals surface area contributed by atoms with Crippen LogP contribution in [0.2, 0.25) is 0 Å². The highest BCUT2D eigenvalue weighted by atomic mass is 32.1. The Morgan fingerprint density at radius 3 is 2.41 bits per heavy atom. The molecule has 0 spiro atoms. The van der Waals surface area contributed by atoms with Gasteiger partial charge in [0.2, 0.25) is 5.91 Å². The van der Waals surface area contributed by atoms with E-state index in [0.29, 0.717) is 11.3 Å². The molecule has 0 fully saturated rings. The van der Waals surface area contributed by atoms with Crippen LogP contribution in [-0.4, -0.2) is 25.3 Å². The van der Waals surface area contributed by atoms with Gasteiger partial charge in [-0.05, 0) is 49.6 Å². The summed E-state index contributed by atoms with van der Waals surface area (Å²) in [6.07, 6.45) is 0. The van der Waals surface area contributed by atoms with E-state index in [2.05, 4.69) is 5.32 Å². The number of Topliss-reactive ketones (excluding diaryl/α,β-unsaturated/α-hetero) is 1. The fraction of sp³-hybridized carbons (Fsp3) is 0.294. The summed E-state index contributed by atoms with van der Waals surface area (Å²) in [5.74, 6) is 0.411. The minimum Gasteiger partial charge on any atom is -0.497 e. The number of ether oxygens (including phenoxy) is 1. The monoisotopic (exact) mass is 317 g/mol. The number of ketones is 1. The Morgan fingerprint density at radius 2 is 1.86 bits per heavy atom. The molecule has 0 aliphatic carbocycles. The molecule has 0 saturated carbocycles. The Hall–Kier alpha value is -2.14. The number of amides is 1. The van der Waals surface area contributed by atoms with Crippen molar-refractivity contribution in [1.82, 2.24) is 5.32 Å². The number of hydrogen-bond donors (Lipinski definition) is 1. The summed E-state index contributed by atoms with van der Waals surface area (Å²) in [6.45, 7) is 3.69. The number of carbonyl (C=O) groups excluding carboxylic acids is 2. The van der Waals surface area contributed by atoms with Crippen LogP contribution in [0, 0.1) is 0 Å². The molecule has 0 atom stereocenters. The third-order valence-electron chi connectivity index (χ3n) is 3.53. The van der Waals surface area contributed by atoms with E-state index in [1.54, 1.807) is 31.4 Å². The molecular weight excluding hydrogens is 298 g/mol. The molecular formula is C17H19NO3S. The van der Waals surface area contributed by atoms with Crippen molar-refractivity contribution in [2.75, 3.05) is 13.7 Å². The SMILES string of the molecule is COc1ccc(C(=O)CNC(=O)C(C)(C)c2cccs2)cc1. The Bertz CT molecular complexity index is 645. The molecule has 1 amide bonds. The van der Waals surface area contributed by atoms with Gasteiger partial charge in [0, 0.05) is 10.4 Å². The fourth-order valence-electron chi connectivity index (χ4n) is 2.01. The molecule has 5 heteroatoms. The van der Waals surface area contributed by atoms with Crippen molar-refractivity contribution in [1.29, 1.82) is 0 Å². The van der Waals surface area contributed by atoms with Crippen molar-refractivity contribution in [3.63, 3.8) is 0 Å². The van der Waals surface area contributed by atoms with Crippen molar-refractivity contribution in [3.05, 3.63) is 52.2 Å². The maximum atomic E-state index is 12.3. The third-order valence-corrected chi connectivity index (χ3v) is 4.72. The van der Waals surface area contributed by atoms with Gasteiger partial charge in [0.15, 0.2) is 5.78 Å². The number of thiophene rings is 1. The van der Waals surface area contributed by atoms with Crippen LogP contribution in [0.15, 0.2) is 41.8 Å². The molecule has 22 heavy (non-hydrogen) atoms. The molecule has 1 N–H and O–H groups in total. The van der Waals surface area contributed by atoms with Gasteiger partial charge >= 0.3 is 0 Å². The fourth-order valence-corrected chi connectivity index (χ4v) is 2.85. The van der Waals surface area contributed by atoms with Crippen LogP contribution >= 0.6 is 11.3 Å². The van der Waals surface area contributed by atoms with Crippen molar-refractivity contribution in [2.24, 2.45) is 0 Å². The van der Waals surface area contributed by atoms with Crippen LogP contribution in [0.5, 0.6) is 5.75 Å². The number of benzene rings is 1. The van der Waals surface area contributed by atoms with Gasteiger partial charge in [-0.15, -0.1) is 11.3 Å². The second-order valence-electron chi connectivity index (χ2n) is 5.44. The molecule has 0 aliphatic heterocycles. The maximum absolute atomic E-state index is 12.3. The Labute approximate surface area is 134 Å². The molecule has 1 heterocycles. The van der Waals surface area contributed by atoms with E-state index in [-0.39, 0.29) is 18.2 Å². The van der Waals surface area contributed by atoms with E-state index in [1.165, 1.54) is 11.3 Å². The lowest BCUT2D eigenvalue weighted by Gasteiger charge is -2.22. The Kier molecular flexibility index (Phi) is 4.98. The minimum atomic E-state index is -0.644. The van der Waals surface area contributed by atoms with Crippen LogP contribution in [0.1, 0.15) is 29.1 Å². The van der Waals surface area contributed by atoms with Crippen molar-refractivity contribution in [3.8, 4) is 5.75 Å². The summed E-state index contributed by atoms with van der Waals surface area (Å²) in [5.41, 5.74) is -0.0935. The summed E-state index contributed by atoms with van der Waals surface area (Å²) in [4.78, 5) is 25.4. The standard InChI is InChI=1S/C17H19NO3S/c1-17(2,15-5-4-10-22-15)16(20)18-11-14(19)12-6-8-13(21-3)9-7-12/h4-10H,11H2,1-3H3,(H,18,20). The zero-order valence-corrected chi connectivity index (χ0v) is 13.7. The predicted octanol–water partition coefficient (Wildman–Crippen LogP) is 3.03.